The molecule has 1 atom stereocenters. The van der Waals surface area contributed by atoms with Crippen molar-refractivity contribution in [2.24, 2.45) is 5.92 Å². The Kier molecular flexibility index (Phi) is 5.36. The summed E-state index contributed by atoms with van der Waals surface area (Å²) in [4.78, 5) is 39.0. The van der Waals surface area contributed by atoms with Crippen molar-refractivity contribution in [1.82, 2.24) is 4.98 Å². The second kappa shape index (κ2) is 7.69. The summed E-state index contributed by atoms with van der Waals surface area (Å²) in [6.07, 6.45) is 6.19. The van der Waals surface area contributed by atoms with Gasteiger partial charge in [-0.2, -0.15) is 0 Å². The van der Waals surface area contributed by atoms with E-state index < -0.39 is 11.6 Å². The van der Waals surface area contributed by atoms with E-state index in [1.54, 1.807) is 18.3 Å². The van der Waals surface area contributed by atoms with E-state index in [2.05, 4.69) is 22.1 Å². The van der Waals surface area contributed by atoms with Gasteiger partial charge in [-0.25, -0.2) is 4.98 Å². The molecule has 1 aromatic heterocycles. The number of nitrogens with zero attached hydrogens (tertiary/aromatic N) is 1. The zero-order valence-electron chi connectivity index (χ0n) is 14.8. The molecule has 2 fully saturated rings. The number of nitrogens with one attached hydrogen (secondary N) is 1. The summed E-state index contributed by atoms with van der Waals surface area (Å²) in [5.41, 5.74) is -0.0754. The molecule has 1 saturated heterocycles. The van der Waals surface area contributed by atoms with Crippen molar-refractivity contribution in [3.63, 3.8) is 0 Å². The van der Waals surface area contributed by atoms with Crippen LogP contribution in [-0.4, -0.2) is 28.2 Å². The predicted molar refractivity (Wildman–Crippen MR) is 95.1 cm³/mol. The second-order valence-corrected chi connectivity index (χ2v) is 7.00. The van der Waals surface area contributed by atoms with Crippen LogP contribution in [0.25, 0.3) is 0 Å². The number of ether oxygens (including phenoxy) is 1. The molecule has 2 aliphatic rings. The highest BCUT2D eigenvalue weighted by atomic mass is 16.6. The standard InChI is InChI=1S/C20H22N2O4/c1-14(23)22-18-9-8-15(13-21-18)5-4-10-20(16-6-2-3-7-16)12-17(24)11-19(25)26-20/h8-9,13,16H,2-3,6-7,10-12H2,1H3,(H,21,22,23). The van der Waals surface area contributed by atoms with E-state index in [4.69, 9.17) is 4.74 Å². The molecule has 1 saturated carbocycles. The van der Waals surface area contributed by atoms with Gasteiger partial charge in [-0.1, -0.05) is 24.7 Å². The van der Waals surface area contributed by atoms with Crippen molar-refractivity contribution in [1.29, 1.82) is 0 Å². The number of ketones is 1. The molecule has 1 N–H and O–H groups in total. The smallest absolute Gasteiger partial charge is 0.313 e. The summed E-state index contributed by atoms with van der Waals surface area (Å²) in [5.74, 6) is 6.10. The molecule has 1 amide bonds. The molecule has 1 aliphatic heterocycles. The first-order chi connectivity index (χ1) is 12.5. The zero-order valence-corrected chi connectivity index (χ0v) is 14.8. The Morgan fingerprint density at radius 3 is 2.73 bits per heavy atom. The summed E-state index contributed by atoms with van der Waals surface area (Å²) in [6.45, 7) is 1.42. The molecular formula is C20H22N2O4. The zero-order chi connectivity index (χ0) is 18.6. The fourth-order valence-corrected chi connectivity index (χ4v) is 3.80. The predicted octanol–water partition coefficient (Wildman–Crippen LogP) is 2.62. The van der Waals surface area contributed by atoms with Crippen LogP contribution in [0.15, 0.2) is 18.3 Å². The van der Waals surface area contributed by atoms with Gasteiger partial charge in [0.1, 0.15) is 23.6 Å². The van der Waals surface area contributed by atoms with E-state index in [0.29, 0.717) is 17.8 Å². The summed E-state index contributed by atoms with van der Waals surface area (Å²) >= 11 is 0. The number of hydrogen-bond acceptors (Lipinski definition) is 5. The monoisotopic (exact) mass is 354 g/mol. The molecule has 6 nitrogen and oxygen atoms in total. The van der Waals surface area contributed by atoms with Crippen molar-refractivity contribution in [3.05, 3.63) is 23.9 Å². The molecule has 0 aromatic carbocycles. The molecule has 1 unspecified atom stereocenters. The maximum atomic E-state index is 12.0. The van der Waals surface area contributed by atoms with E-state index >= 15 is 0 Å². The van der Waals surface area contributed by atoms with Crippen molar-refractivity contribution < 1.29 is 19.1 Å². The van der Waals surface area contributed by atoms with Crippen molar-refractivity contribution in [2.75, 3.05) is 5.32 Å². The number of carbonyl (C=O) groups excluding carboxylic acids is 3. The highest BCUT2D eigenvalue weighted by molar-refractivity contribution is 5.98. The van der Waals surface area contributed by atoms with Gasteiger partial charge in [0.2, 0.25) is 5.91 Å². The van der Waals surface area contributed by atoms with Gasteiger partial charge in [0.05, 0.1) is 6.42 Å². The lowest BCUT2D eigenvalue weighted by atomic mass is 9.77. The fraction of sp³-hybridized carbons (Fsp3) is 0.500. The quantitative estimate of drug-likeness (QED) is 0.512. The number of hydrogen-bond donors (Lipinski definition) is 1. The number of cyclic esters (lactones) is 1. The van der Waals surface area contributed by atoms with E-state index in [0.717, 1.165) is 25.7 Å². The minimum atomic E-state index is -0.778. The number of aromatic nitrogens is 1. The van der Waals surface area contributed by atoms with Crippen LogP contribution >= 0.6 is 0 Å². The Bertz CT molecular complexity index is 751. The Labute approximate surface area is 152 Å². The Balaban J connectivity index is 1.74. The normalized spacial score (nSPS) is 23.1. The minimum Gasteiger partial charge on any atom is -0.457 e. The van der Waals surface area contributed by atoms with Gasteiger partial charge in [-0.05, 0) is 25.0 Å². The van der Waals surface area contributed by atoms with Crippen LogP contribution in [0, 0.1) is 17.8 Å². The Morgan fingerprint density at radius 2 is 2.12 bits per heavy atom. The maximum absolute atomic E-state index is 12.0. The summed E-state index contributed by atoms with van der Waals surface area (Å²) in [5, 5.41) is 2.60. The number of Topliss-reactive ketones (excluding diaryl/α,β-unsaturated/α-hetero) is 1. The first kappa shape index (κ1) is 18.1. The molecule has 0 spiro atoms. The van der Waals surface area contributed by atoms with E-state index in [1.807, 2.05) is 0 Å². The summed E-state index contributed by atoms with van der Waals surface area (Å²) in [6, 6.07) is 3.45. The lowest BCUT2D eigenvalue weighted by molar-refractivity contribution is -0.176. The first-order valence-electron chi connectivity index (χ1n) is 8.93. The molecule has 1 aliphatic carbocycles. The minimum absolute atomic E-state index is 0.0590. The highest BCUT2D eigenvalue weighted by Crippen LogP contribution is 2.43. The maximum Gasteiger partial charge on any atom is 0.313 e. The van der Waals surface area contributed by atoms with Crippen LogP contribution in [0.2, 0.25) is 0 Å². The van der Waals surface area contributed by atoms with Crippen molar-refractivity contribution in [2.45, 2.75) is 57.5 Å². The molecular weight excluding hydrogens is 332 g/mol. The first-order valence-corrected chi connectivity index (χ1v) is 8.93. The number of esters is 1. The number of amides is 1. The Hall–Kier alpha value is -2.68. The van der Waals surface area contributed by atoms with Crippen LogP contribution in [0.1, 0.15) is 57.4 Å². The lowest BCUT2D eigenvalue weighted by Crippen LogP contribution is -2.47. The van der Waals surface area contributed by atoms with Crippen LogP contribution in [0.3, 0.4) is 0 Å². The van der Waals surface area contributed by atoms with Crippen molar-refractivity contribution >= 4 is 23.5 Å². The molecule has 6 heteroatoms. The van der Waals surface area contributed by atoms with Crippen LogP contribution < -0.4 is 5.32 Å². The van der Waals surface area contributed by atoms with Gasteiger partial charge in [0.25, 0.3) is 0 Å². The SMILES string of the molecule is CC(=O)Nc1ccc(C#CCC2(C3CCCC3)CC(=O)CC(=O)O2)cn1. The Morgan fingerprint density at radius 1 is 1.35 bits per heavy atom. The van der Waals surface area contributed by atoms with Gasteiger partial charge in [0, 0.05) is 31.0 Å². The van der Waals surface area contributed by atoms with Crippen LogP contribution in [0.4, 0.5) is 5.82 Å². The molecule has 2 heterocycles. The molecule has 3 rings (SSSR count). The van der Waals surface area contributed by atoms with E-state index in [1.165, 1.54) is 6.92 Å². The van der Waals surface area contributed by atoms with Gasteiger partial charge < -0.3 is 10.1 Å². The van der Waals surface area contributed by atoms with Crippen LogP contribution in [0.5, 0.6) is 0 Å². The van der Waals surface area contributed by atoms with Crippen molar-refractivity contribution in [3.8, 4) is 11.8 Å². The summed E-state index contributed by atoms with van der Waals surface area (Å²) < 4.78 is 5.70. The molecule has 1 aromatic rings. The average Bonchev–Trinajstić information content (AvgIpc) is 3.10. The summed E-state index contributed by atoms with van der Waals surface area (Å²) in [7, 11) is 0. The average molecular weight is 354 g/mol. The number of anilines is 1. The molecule has 26 heavy (non-hydrogen) atoms. The van der Waals surface area contributed by atoms with Crippen LogP contribution in [-0.2, 0) is 19.1 Å². The largest absolute Gasteiger partial charge is 0.457 e. The molecule has 136 valence electrons. The van der Waals surface area contributed by atoms with Gasteiger partial charge in [-0.15, -0.1) is 0 Å². The topological polar surface area (TPSA) is 85.4 Å². The van der Waals surface area contributed by atoms with Gasteiger partial charge in [-0.3, -0.25) is 14.4 Å². The molecule has 0 radical (unpaired) electrons. The lowest BCUT2D eigenvalue weighted by Gasteiger charge is -2.39. The fourth-order valence-electron chi connectivity index (χ4n) is 3.80. The third-order valence-electron chi connectivity index (χ3n) is 4.94. The number of rotatable bonds is 3. The van der Waals surface area contributed by atoms with Gasteiger partial charge >= 0.3 is 5.97 Å². The van der Waals surface area contributed by atoms with E-state index in [-0.39, 0.29) is 30.4 Å². The third kappa shape index (κ3) is 4.29. The number of pyridine rings is 1. The number of carbonyl (C=O) groups is 3. The third-order valence-corrected chi connectivity index (χ3v) is 4.94. The molecule has 0 bridgehead atoms. The van der Waals surface area contributed by atoms with E-state index in [9.17, 15) is 14.4 Å². The van der Waals surface area contributed by atoms with Gasteiger partial charge in [0.15, 0.2) is 0 Å². The second-order valence-electron chi connectivity index (χ2n) is 7.00. The highest BCUT2D eigenvalue weighted by Gasteiger charge is 2.47.